The third kappa shape index (κ3) is 2.80. The highest BCUT2D eigenvalue weighted by Gasteiger charge is 2.40. The Labute approximate surface area is 104 Å². The Kier molecular flexibility index (Phi) is 3.72. The highest BCUT2D eigenvalue weighted by Crippen LogP contribution is 2.44. The summed E-state index contributed by atoms with van der Waals surface area (Å²) in [5, 5.41) is 9.41. The van der Waals surface area contributed by atoms with Crippen LogP contribution < -0.4 is 0 Å². The van der Waals surface area contributed by atoms with Gasteiger partial charge in [-0.05, 0) is 37.1 Å². The lowest BCUT2D eigenvalue weighted by atomic mass is 9.88. The molecule has 0 unspecified atom stereocenters. The molecule has 1 aromatic carbocycles. The van der Waals surface area contributed by atoms with E-state index in [4.69, 9.17) is 0 Å². The number of hydrogen-bond acceptors (Lipinski definition) is 2. The van der Waals surface area contributed by atoms with Gasteiger partial charge in [-0.25, -0.2) is 4.39 Å². The second-order valence-corrected chi connectivity index (χ2v) is 5.87. The molecule has 2 nitrogen and oxygen atoms in total. The largest absolute Gasteiger partial charge is 0.480 e. The topological polar surface area (TPSA) is 37.3 Å². The molecule has 0 aliphatic heterocycles. The summed E-state index contributed by atoms with van der Waals surface area (Å²) in [5.41, 5.74) is 0. The van der Waals surface area contributed by atoms with Crippen molar-refractivity contribution in [2.45, 2.75) is 41.7 Å². The first kappa shape index (κ1) is 12.4. The maximum Gasteiger partial charge on any atom is 0.320 e. The summed E-state index contributed by atoms with van der Waals surface area (Å²) in [7, 11) is 0. The Morgan fingerprint density at radius 1 is 1.18 bits per heavy atom. The number of rotatable bonds is 3. The summed E-state index contributed by atoms with van der Waals surface area (Å²) in [6.45, 7) is 0. The minimum Gasteiger partial charge on any atom is -0.480 e. The zero-order valence-electron chi connectivity index (χ0n) is 9.49. The summed E-state index contributed by atoms with van der Waals surface area (Å²) >= 11 is 1.36. The minimum atomic E-state index is -0.744. The van der Waals surface area contributed by atoms with Crippen LogP contribution >= 0.6 is 11.8 Å². The molecule has 17 heavy (non-hydrogen) atoms. The molecule has 0 bridgehead atoms. The molecule has 0 saturated heterocycles. The van der Waals surface area contributed by atoms with Gasteiger partial charge in [0.25, 0.3) is 0 Å². The number of carboxylic acids is 1. The first-order valence-corrected chi connectivity index (χ1v) is 6.62. The number of benzene rings is 1. The molecule has 92 valence electrons. The van der Waals surface area contributed by atoms with Crippen molar-refractivity contribution < 1.29 is 14.3 Å². The number of thioether (sulfide) groups is 1. The molecular formula is C13H15FO2S. The van der Waals surface area contributed by atoms with E-state index in [-0.39, 0.29) is 5.82 Å². The monoisotopic (exact) mass is 254 g/mol. The van der Waals surface area contributed by atoms with Gasteiger partial charge in [-0.1, -0.05) is 19.3 Å². The maximum atomic E-state index is 12.8. The van der Waals surface area contributed by atoms with E-state index in [1.165, 1.54) is 23.9 Å². The average Bonchev–Trinajstić information content (AvgIpc) is 2.33. The van der Waals surface area contributed by atoms with E-state index in [1.54, 1.807) is 12.1 Å². The fraction of sp³-hybridized carbons (Fsp3) is 0.462. The van der Waals surface area contributed by atoms with Gasteiger partial charge in [0.2, 0.25) is 0 Å². The van der Waals surface area contributed by atoms with Crippen LogP contribution in [-0.4, -0.2) is 15.8 Å². The molecule has 2 rings (SSSR count). The van der Waals surface area contributed by atoms with Crippen LogP contribution in [0, 0.1) is 5.82 Å². The summed E-state index contributed by atoms with van der Waals surface area (Å²) in [5.74, 6) is -1.03. The van der Waals surface area contributed by atoms with E-state index < -0.39 is 10.7 Å². The molecule has 1 aliphatic rings. The first-order chi connectivity index (χ1) is 8.12. The molecule has 1 N–H and O–H groups in total. The molecule has 4 heteroatoms. The molecule has 0 atom stereocenters. The second kappa shape index (κ2) is 5.08. The molecule has 1 aliphatic carbocycles. The predicted molar refractivity (Wildman–Crippen MR) is 65.7 cm³/mol. The van der Waals surface area contributed by atoms with Crippen molar-refractivity contribution in [2.75, 3.05) is 0 Å². The summed E-state index contributed by atoms with van der Waals surface area (Å²) in [6.07, 6.45) is 4.43. The highest BCUT2D eigenvalue weighted by atomic mass is 32.2. The van der Waals surface area contributed by atoms with Crippen molar-refractivity contribution in [2.24, 2.45) is 0 Å². The van der Waals surface area contributed by atoms with E-state index in [2.05, 4.69) is 0 Å². The first-order valence-electron chi connectivity index (χ1n) is 5.80. The van der Waals surface area contributed by atoms with E-state index in [9.17, 15) is 14.3 Å². The van der Waals surface area contributed by atoms with Crippen LogP contribution in [0.3, 0.4) is 0 Å². The van der Waals surface area contributed by atoms with Gasteiger partial charge in [0.15, 0.2) is 0 Å². The second-order valence-electron chi connectivity index (χ2n) is 4.42. The van der Waals surface area contributed by atoms with Gasteiger partial charge in [-0.15, -0.1) is 11.8 Å². The van der Waals surface area contributed by atoms with E-state index in [0.29, 0.717) is 12.8 Å². The molecule has 1 saturated carbocycles. The van der Waals surface area contributed by atoms with Gasteiger partial charge >= 0.3 is 5.97 Å². The van der Waals surface area contributed by atoms with Gasteiger partial charge in [0.05, 0.1) is 0 Å². The van der Waals surface area contributed by atoms with Gasteiger partial charge in [-0.2, -0.15) is 0 Å². The van der Waals surface area contributed by atoms with Gasteiger partial charge in [0.1, 0.15) is 10.6 Å². The molecule has 1 fully saturated rings. The normalized spacial score (nSPS) is 18.9. The Balaban J connectivity index is 2.17. The standard InChI is InChI=1S/C13H15FO2S/c14-10-4-6-11(7-5-10)17-13(12(15)16)8-2-1-3-9-13/h4-7H,1-3,8-9H2,(H,15,16). The fourth-order valence-corrected chi connectivity index (χ4v) is 3.51. The summed E-state index contributed by atoms with van der Waals surface area (Å²) < 4.78 is 12.1. The van der Waals surface area contributed by atoms with Gasteiger partial charge in [-0.3, -0.25) is 4.79 Å². The highest BCUT2D eigenvalue weighted by molar-refractivity contribution is 8.01. The lowest BCUT2D eigenvalue weighted by molar-refractivity contribution is -0.140. The van der Waals surface area contributed by atoms with Crippen molar-refractivity contribution in [3.05, 3.63) is 30.1 Å². The number of carboxylic acid groups (broad SMARTS) is 1. The third-order valence-corrected chi connectivity index (χ3v) is 4.66. The average molecular weight is 254 g/mol. The number of carbonyl (C=O) groups is 1. The van der Waals surface area contributed by atoms with Crippen LogP contribution in [0.1, 0.15) is 32.1 Å². The Bertz CT molecular complexity index is 396. The maximum absolute atomic E-state index is 12.8. The fourth-order valence-electron chi connectivity index (χ4n) is 2.21. The molecule has 0 spiro atoms. The number of hydrogen-bond donors (Lipinski definition) is 1. The van der Waals surface area contributed by atoms with Crippen LogP contribution in [-0.2, 0) is 4.79 Å². The van der Waals surface area contributed by atoms with Crippen LogP contribution in [0.15, 0.2) is 29.2 Å². The zero-order valence-corrected chi connectivity index (χ0v) is 10.3. The summed E-state index contributed by atoms with van der Waals surface area (Å²) in [6, 6.07) is 6.06. The Hall–Kier alpha value is -1.03. The Morgan fingerprint density at radius 3 is 2.29 bits per heavy atom. The number of aliphatic carboxylic acids is 1. The summed E-state index contributed by atoms with van der Waals surface area (Å²) in [4.78, 5) is 12.3. The minimum absolute atomic E-state index is 0.289. The lowest BCUT2D eigenvalue weighted by Gasteiger charge is -2.32. The third-order valence-electron chi connectivity index (χ3n) is 3.18. The SMILES string of the molecule is O=C(O)C1(Sc2ccc(F)cc2)CCCCC1. The van der Waals surface area contributed by atoms with Crippen LogP contribution in [0.4, 0.5) is 4.39 Å². The predicted octanol–water partition coefficient (Wildman–Crippen LogP) is 3.71. The number of halogens is 1. The van der Waals surface area contributed by atoms with Gasteiger partial charge < -0.3 is 5.11 Å². The lowest BCUT2D eigenvalue weighted by Crippen LogP contribution is -2.37. The molecule has 0 radical (unpaired) electrons. The quantitative estimate of drug-likeness (QED) is 0.893. The van der Waals surface area contributed by atoms with Crippen molar-refractivity contribution in [1.29, 1.82) is 0 Å². The molecule has 0 amide bonds. The Morgan fingerprint density at radius 2 is 1.76 bits per heavy atom. The van der Waals surface area contributed by atoms with Crippen LogP contribution in [0.5, 0.6) is 0 Å². The molecule has 1 aromatic rings. The molecule has 0 aromatic heterocycles. The van der Waals surface area contributed by atoms with E-state index in [1.807, 2.05) is 0 Å². The smallest absolute Gasteiger partial charge is 0.320 e. The van der Waals surface area contributed by atoms with E-state index in [0.717, 1.165) is 24.2 Å². The van der Waals surface area contributed by atoms with Gasteiger partial charge in [0, 0.05) is 4.90 Å². The van der Waals surface area contributed by atoms with Crippen molar-refractivity contribution >= 4 is 17.7 Å². The molecule has 0 heterocycles. The van der Waals surface area contributed by atoms with Crippen LogP contribution in [0.2, 0.25) is 0 Å². The van der Waals surface area contributed by atoms with Crippen LogP contribution in [0.25, 0.3) is 0 Å². The van der Waals surface area contributed by atoms with Crippen molar-refractivity contribution in [3.8, 4) is 0 Å². The van der Waals surface area contributed by atoms with E-state index >= 15 is 0 Å². The van der Waals surface area contributed by atoms with Crippen molar-refractivity contribution in [3.63, 3.8) is 0 Å². The van der Waals surface area contributed by atoms with Crippen molar-refractivity contribution in [1.82, 2.24) is 0 Å². The zero-order chi connectivity index (χ0) is 12.3. The molecular weight excluding hydrogens is 239 g/mol.